The molecule has 1 saturated heterocycles. The SMILES string of the molecule is O=C(c1cc(C2CC2)on1)N1CCOC(CO)C1. The number of carbonyl (C=O) groups excluding carboxylic acids is 1. The van der Waals surface area contributed by atoms with Crippen molar-refractivity contribution in [2.75, 3.05) is 26.3 Å². The van der Waals surface area contributed by atoms with E-state index >= 15 is 0 Å². The summed E-state index contributed by atoms with van der Waals surface area (Å²) < 4.78 is 10.5. The summed E-state index contributed by atoms with van der Waals surface area (Å²) in [7, 11) is 0. The molecule has 0 spiro atoms. The molecule has 3 rings (SSSR count). The standard InChI is InChI=1S/C12H16N2O4/c15-7-9-6-14(3-4-17-9)12(16)10-5-11(18-13-10)8-1-2-8/h5,8-9,15H,1-4,6-7H2. The van der Waals surface area contributed by atoms with Crippen LogP contribution >= 0.6 is 0 Å². The van der Waals surface area contributed by atoms with E-state index in [4.69, 9.17) is 14.4 Å². The molecule has 1 unspecified atom stereocenters. The van der Waals surface area contributed by atoms with E-state index in [2.05, 4.69) is 5.16 Å². The highest BCUT2D eigenvalue weighted by Crippen LogP contribution is 2.40. The molecule has 0 radical (unpaired) electrons. The zero-order valence-electron chi connectivity index (χ0n) is 10.0. The van der Waals surface area contributed by atoms with E-state index in [0.717, 1.165) is 18.6 Å². The van der Waals surface area contributed by atoms with Crippen LogP contribution < -0.4 is 0 Å². The molecule has 2 heterocycles. The highest BCUT2D eigenvalue weighted by atomic mass is 16.5. The van der Waals surface area contributed by atoms with Crippen molar-refractivity contribution in [2.45, 2.75) is 24.9 Å². The van der Waals surface area contributed by atoms with E-state index in [1.54, 1.807) is 11.0 Å². The fourth-order valence-electron chi connectivity index (χ4n) is 2.13. The molecule has 18 heavy (non-hydrogen) atoms. The van der Waals surface area contributed by atoms with Gasteiger partial charge in [-0.15, -0.1) is 0 Å². The quantitative estimate of drug-likeness (QED) is 0.842. The molecule has 0 aromatic carbocycles. The maximum absolute atomic E-state index is 12.2. The molecule has 1 aromatic heterocycles. The van der Waals surface area contributed by atoms with Gasteiger partial charge in [-0.25, -0.2) is 0 Å². The summed E-state index contributed by atoms with van der Waals surface area (Å²) in [6, 6.07) is 1.74. The van der Waals surface area contributed by atoms with Gasteiger partial charge in [0.05, 0.1) is 19.3 Å². The number of carbonyl (C=O) groups is 1. The van der Waals surface area contributed by atoms with Crippen LogP contribution in [-0.2, 0) is 4.74 Å². The van der Waals surface area contributed by atoms with E-state index in [1.165, 1.54) is 0 Å². The molecule has 2 aliphatic rings. The van der Waals surface area contributed by atoms with Crippen molar-refractivity contribution >= 4 is 5.91 Å². The predicted octanol–water partition coefficient (Wildman–Crippen LogP) is 0.385. The normalized spacial score (nSPS) is 24.3. The molecule has 1 N–H and O–H groups in total. The minimum absolute atomic E-state index is 0.0735. The first-order valence-corrected chi connectivity index (χ1v) is 6.26. The molecule has 2 fully saturated rings. The minimum Gasteiger partial charge on any atom is -0.394 e. The number of nitrogens with zero attached hydrogens (tertiary/aromatic N) is 2. The first-order chi connectivity index (χ1) is 8.78. The fraction of sp³-hybridized carbons (Fsp3) is 0.667. The van der Waals surface area contributed by atoms with Crippen LogP contribution in [0.3, 0.4) is 0 Å². The van der Waals surface area contributed by atoms with Gasteiger partial charge in [0.25, 0.3) is 5.91 Å². The van der Waals surface area contributed by atoms with E-state index in [-0.39, 0.29) is 18.6 Å². The Morgan fingerprint density at radius 1 is 1.56 bits per heavy atom. The van der Waals surface area contributed by atoms with Gasteiger partial charge in [0.2, 0.25) is 0 Å². The van der Waals surface area contributed by atoms with Crippen molar-refractivity contribution in [3.63, 3.8) is 0 Å². The number of morpholine rings is 1. The Bertz CT molecular complexity index is 441. The second-order valence-electron chi connectivity index (χ2n) is 4.82. The maximum atomic E-state index is 12.2. The molecule has 1 saturated carbocycles. The lowest BCUT2D eigenvalue weighted by molar-refractivity contribution is -0.0449. The van der Waals surface area contributed by atoms with Crippen LogP contribution in [0.25, 0.3) is 0 Å². The van der Waals surface area contributed by atoms with E-state index < -0.39 is 0 Å². The molecule has 1 aliphatic heterocycles. The summed E-state index contributed by atoms with van der Waals surface area (Å²) in [5.41, 5.74) is 0.357. The second-order valence-corrected chi connectivity index (χ2v) is 4.82. The zero-order valence-corrected chi connectivity index (χ0v) is 10.0. The van der Waals surface area contributed by atoms with Gasteiger partial charge in [0.1, 0.15) is 5.76 Å². The smallest absolute Gasteiger partial charge is 0.276 e. The van der Waals surface area contributed by atoms with Gasteiger partial charge < -0.3 is 19.3 Å². The van der Waals surface area contributed by atoms with E-state index in [9.17, 15) is 4.79 Å². The lowest BCUT2D eigenvalue weighted by atomic mass is 10.2. The second kappa shape index (κ2) is 4.70. The van der Waals surface area contributed by atoms with Crippen molar-refractivity contribution in [3.05, 3.63) is 17.5 Å². The van der Waals surface area contributed by atoms with Crippen molar-refractivity contribution in [3.8, 4) is 0 Å². The van der Waals surface area contributed by atoms with Gasteiger partial charge in [-0.05, 0) is 12.8 Å². The number of aliphatic hydroxyl groups is 1. The van der Waals surface area contributed by atoms with Crippen molar-refractivity contribution in [1.29, 1.82) is 0 Å². The maximum Gasteiger partial charge on any atom is 0.276 e. The Morgan fingerprint density at radius 2 is 2.39 bits per heavy atom. The van der Waals surface area contributed by atoms with Crippen LogP contribution in [0.1, 0.15) is 35.0 Å². The number of aromatic nitrogens is 1. The van der Waals surface area contributed by atoms with Gasteiger partial charge >= 0.3 is 0 Å². The molecule has 6 heteroatoms. The summed E-state index contributed by atoms with van der Waals surface area (Å²) in [5.74, 6) is 1.12. The average molecular weight is 252 g/mol. The van der Waals surface area contributed by atoms with Crippen molar-refractivity contribution in [1.82, 2.24) is 10.1 Å². The van der Waals surface area contributed by atoms with Gasteiger partial charge in [0, 0.05) is 25.1 Å². The highest BCUT2D eigenvalue weighted by Gasteiger charge is 2.31. The van der Waals surface area contributed by atoms with Gasteiger partial charge in [-0.1, -0.05) is 5.16 Å². The van der Waals surface area contributed by atoms with Gasteiger partial charge in [-0.3, -0.25) is 4.79 Å². The molecule has 6 nitrogen and oxygen atoms in total. The molecule has 1 aromatic rings. The third kappa shape index (κ3) is 2.26. The van der Waals surface area contributed by atoms with Gasteiger partial charge in [0.15, 0.2) is 5.69 Å². The molecule has 98 valence electrons. The average Bonchev–Trinajstić information content (AvgIpc) is 3.16. The lowest BCUT2D eigenvalue weighted by Crippen LogP contribution is -2.47. The molecule has 1 atom stereocenters. The molecule has 1 aliphatic carbocycles. The Hall–Kier alpha value is -1.40. The molecule has 1 amide bonds. The Morgan fingerprint density at radius 3 is 3.11 bits per heavy atom. The number of hydrogen-bond acceptors (Lipinski definition) is 5. The number of amides is 1. The van der Waals surface area contributed by atoms with Crippen LogP contribution in [0.2, 0.25) is 0 Å². The van der Waals surface area contributed by atoms with Crippen LogP contribution in [0.15, 0.2) is 10.6 Å². The van der Waals surface area contributed by atoms with Crippen LogP contribution in [0.4, 0.5) is 0 Å². The lowest BCUT2D eigenvalue weighted by Gasteiger charge is -2.31. The van der Waals surface area contributed by atoms with Crippen molar-refractivity contribution < 1.29 is 19.2 Å². The Labute approximate surface area is 104 Å². The summed E-state index contributed by atoms with van der Waals surface area (Å²) in [6.07, 6.45) is 1.94. The first-order valence-electron chi connectivity index (χ1n) is 6.26. The Balaban J connectivity index is 1.68. The topological polar surface area (TPSA) is 75.8 Å². The summed E-state index contributed by atoms with van der Waals surface area (Å²) in [4.78, 5) is 13.8. The Kier molecular flexibility index (Phi) is 3.05. The van der Waals surface area contributed by atoms with Crippen molar-refractivity contribution in [2.24, 2.45) is 0 Å². The van der Waals surface area contributed by atoms with Crippen LogP contribution in [0, 0.1) is 0 Å². The fourth-order valence-corrected chi connectivity index (χ4v) is 2.13. The summed E-state index contributed by atoms with van der Waals surface area (Å²) >= 11 is 0. The predicted molar refractivity (Wildman–Crippen MR) is 61.2 cm³/mol. The van der Waals surface area contributed by atoms with Crippen LogP contribution in [0.5, 0.6) is 0 Å². The number of rotatable bonds is 3. The third-order valence-corrected chi connectivity index (χ3v) is 3.36. The third-order valence-electron chi connectivity index (χ3n) is 3.36. The highest BCUT2D eigenvalue weighted by molar-refractivity contribution is 5.92. The summed E-state index contributed by atoms with van der Waals surface area (Å²) in [5, 5.41) is 12.9. The van der Waals surface area contributed by atoms with Crippen LogP contribution in [-0.4, -0.2) is 53.5 Å². The minimum atomic E-state index is -0.294. The largest absolute Gasteiger partial charge is 0.394 e. The van der Waals surface area contributed by atoms with E-state index in [1.807, 2.05) is 0 Å². The molecular weight excluding hydrogens is 236 g/mol. The number of hydrogen-bond donors (Lipinski definition) is 1. The van der Waals surface area contributed by atoms with E-state index in [0.29, 0.717) is 31.3 Å². The monoisotopic (exact) mass is 252 g/mol. The summed E-state index contributed by atoms with van der Waals surface area (Å²) in [6.45, 7) is 1.31. The molecular formula is C12H16N2O4. The van der Waals surface area contributed by atoms with Gasteiger partial charge in [-0.2, -0.15) is 0 Å². The zero-order chi connectivity index (χ0) is 12.5. The molecule has 0 bridgehead atoms. The number of ether oxygens (including phenoxy) is 1. The first kappa shape index (κ1) is 11.7. The number of aliphatic hydroxyl groups excluding tert-OH is 1.